The van der Waals surface area contributed by atoms with E-state index >= 15 is 0 Å². The smallest absolute Gasteiger partial charge is 0.121 e. The summed E-state index contributed by atoms with van der Waals surface area (Å²) in [6.07, 6.45) is 2.36. The van der Waals surface area contributed by atoms with Gasteiger partial charge in [-0.3, -0.25) is 0 Å². The number of phenolic OH excluding ortho intramolecular Hbond substituents is 2. The molecule has 3 heteroatoms. The van der Waals surface area contributed by atoms with Crippen molar-refractivity contribution in [2.45, 2.75) is 6.10 Å². The Morgan fingerprint density at radius 2 is 1.67 bits per heavy atom. The number of aromatic hydroxyl groups is 2. The second-order valence-corrected chi connectivity index (χ2v) is 3.96. The van der Waals surface area contributed by atoms with Crippen molar-refractivity contribution in [3.8, 4) is 11.5 Å². The molecule has 0 spiro atoms. The van der Waals surface area contributed by atoms with Crippen LogP contribution >= 0.6 is 0 Å². The highest BCUT2D eigenvalue weighted by molar-refractivity contribution is 5.51. The lowest BCUT2D eigenvalue weighted by Gasteiger charge is -2.08. The minimum atomic E-state index is -0.961. The Hall–Kier alpha value is -2.26. The Kier molecular flexibility index (Phi) is 3.65. The maximum absolute atomic E-state index is 9.93. The zero-order valence-electron chi connectivity index (χ0n) is 9.69. The fourth-order valence-corrected chi connectivity index (χ4v) is 1.65. The third-order valence-electron chi connectivity index (χ3n) is 2.60. The van der Waals surface area contributed by atoms with Gasteiger partial charge in [-0.1, -0.05) is 42.5 Å². The summed E-state index contributed by atoms with van der Waals surface area (Å²) in [5, 5.41) is 28.9. The first-order valence-corrected chi connectivity index (χ1v) is 5.60. The number of hydrogen-bond acceptors (Lipinski definition) is 3. The van der Waals surface area contributed by atoms with Crippen LogP contribution in [-0.4, -0.2) is 15.3 Å². The molecule has 1 unspecified atom stereocenters. The van der Waals surface area contributed by atoms with Gasteiger partial charge in [0.2, 0.25) is 0 Å². The van der Waals surface area contributed by atoms with Gasteiger partial charge in [-0.05, 0) is 23.8 Å². The van der Waals surface area contributed by atoms with Gasteiger partial charge in [0.05, 0.1) is 0 Å². The topological polar surface area (TPSA) is 60.7 Å². The summed E-state index contributed by atoms with van der Waals surface area (Å²) in [5.41, 5.74) is 1.23. The number of rotatable bonds is 3. The standard InChI is InChI=1S/C15H14O3/c16-12-7-9-15(18)13(10-12)14(17)8-6-11-4-2-1-3-5-11/h1-10,14,16-18H. The lowest BCUT2D eigenvalue weighted by atomic mass is 10.1. The van der Waals surface area contributed by atoms with Crippen molar-refractivity contribution in [2.24, 2.45) is 0 Å². The first kappa shape index (κ1) is 12.2. The molecule has 18 heavy (non-hydrogen) atoms. The lowest BCUT2D eigenvalue weighted by Crippen LogP contribution is -1.93. The SMILES string of the molecule is Oc1ccc(O)c(C(O)C=Cc2ccccc2)c1. The van der Waals surface area contributed by atoms with E-state index in [2.05, 4.69) is 0 Å². The summed E-state index contributed by atoms with van der Waals surface area (Å²) in [5.74, 6) is -0.0343. The van der Waals surface area contributed by atoms with E-state index in [1.54, 1.807) is 12.2 Å². The molecule has 0 aliphatic heterocycles. The number of benzene rings is 2. The van der Waals surface area contributed by atoms with Crippen molar-refractivity contribution < 1.29 is 15.3 Å². The monoisotopic (exact) mass is 242 g/mol. The summed E-state index contributed by atoms with van der Waals surface area (Å²) in [6, 6.07) is 13.6. The van der Waals surface area contributed by atoms with E-state index in [4.69, 9.17) is 0 Å². The maximum Gasteiger partial charge on any atom is 0.121 e. The fourth-order valence-electron chi connectivity index (χ4n) is 1.65. The summed E-state index contributed by atoms with van der Waals surface area (Å²) in [7, 11) is 0. The highest BCUT2D eigenvalue weighted by atomic mass is 16.3. The van der Waals surface area contributed by atoms with E-state index in [0.29, 0.717) is 0 Å². The van der Waals surface area contributed by atoms with Crippen LogP contribution in [0.5, 0.6) is 11.5 Å². The second-order valence-electron chi connectivity index (χ2n) is 3.96. The third kappa shape index (κ3) is 2.90. The molecule has 1 atom stereocenters. The molecule has 0 aliphatic rings. The van der Waals surface area contributed by atoms with Crippen LogP contribution in [0.2, 0.25) is 0 Å². The molecule has 0 saturated carbocycles. The molecule has 0 radical (unpaired) electrons. The first-order chi connectivity index (χ1) is 8.66. The van der Waals surface area contributed by atoms with Crippen molar-refractivity contribution in [2.75, 3.05) is 0 Å². The summed E-state index contributed by atoms with van der Waals surface area (Å²) >= 11 is 0. The van der Waals surface area contributed by atoms with E-state index < -0.39 is 6.10 Å². The largest absolute Gasteiger partial charge is 0.508 e. The Balaban J connectivity index is 2.19. The van der Waals surface area contributed by atoms with Crippen molar-refractivity contribution >= 4 is 6.08 Å². The molecule has 2 aromatic carbocycles. The van der Waals surface area contributed by atoms with Crippen molar-refractivity contribution in [3.63, 3.8) is 0 Å². The predicted octanol–water partition coefficient (Wildman–Crippen LogP) is 2.84. The molecule has 0 fully saturated rings. The highest BCUT2D eigenvalue weighted by Crippen LogP contribution is 2.28. The Labute approximate surface area is 105 Å². The number of aliphatic hydroxyl groups is 1. The lowest BCUT2D eigenvalue weighted by molar-refractivity contribution is 0.224. The minimum Gasteiger partial charge on any atom is -0.508 e. The average molecular weight is 242 g/mol. The average Bonchev–Trinajstić information content (AvgIpc) is 2.40. The van der Waals surface area contributed by atoms with E-state index in [1.807, 2.05) is 30.3 Å². The predicted molar refractivity (Wildman–Crippen MR) is 70.2 cm³/mol. The molecule has 0 heterocycles. The van der Waals surface area contributed by atoms with Gasteiger partial charge in [-0.25, -0.2) is 0 Å². The Morgan fingerprint density at radius 1 is 0.944 bits per heavy atom. The van der Waals surface area contributed by atoms with Crippen molar-refractivity contribution in [1.29, 1.82) is 0 Å². The molecule has 3 N–H and O–H groups in total. The molecule has 2 rings (SSSR count). The second kappa shape index (κ2) is 5.38. The van der Waals surface area contributed by atoms with Crippen LogP contribution in [0, 0.1) is 0 Å². The van der Waals surface area contributed by atoms with Gasteiger partial charge in [-0.15, -0.1) is 0 Å². The van der Waals surface area contributed by atoms with Gasteiger partial charge in [-0.2, -0.15) is 0 Å². The quantitative estimate of drug-likeness (QED) is 0.725. The molecule has 0 aromatic heterocycles. The van der Waals surface area contributed by atoms with E-state index in [-0.39, 0.29) is 17.1 Å². The molecule has 0 bridgehead atoms. The van der Waals surface area contributed by atoms with Gasteiger partial charge in [0, 0.05) is 5.56 Å². The molecule has 2 aromatic rings. The minimum absolute atomic E-state index is 0.00922. The van der Waals surface area contributed by atoms with E-state index in [1.165, 1.54) is 18.2 Å². The zero-order valence-corrected chi connectivity index (χ0v) is 9.69. The molecule has 0 aliphatic carbocycles. The summed E-state index contributed by atoms with van der Waals surface area (Å²) in [4.78, 5) is 0. The number of aliphatic hydroxyl groups excluding tert-OH is 1. The summed E-state index contributed by atoms with van der Waals surface area (Å²) in [6.45, 7) is 0. The number of hydrogen-bond donors (Lipinski definition) is 3. The molecule has 3 nitrogen and oxygen atoms in total. The normalized spacial score (nSPS) is 12.7. The highest BCUT2D eigenvalue weighted by Gasteiger charge is 2.09. The van der Waals surface area contributed by atoms with Crippen LogP contribution in [-0.2, 0) is 0 Å². The maximum atomic E-state index is 9.93. The van der Waals surface area contributed by atoms with Crippen molar-refractivity contribution in [3.05, 3.63) is 65.7 Å². The van der Waals surface area contributed by atoms with E-state index in [0.717, 1.165) is 5.56 Å². The Bertz CT molecular complexity index is 547. The molecule has 0 saturated heterocycles. The van der Waals surface area contributed by atoms with Crippen LogP contribution in [0.4, 0.5) is 0 Å². The zero-order chi connectivity index (χ0) is 13.0. The van der Waals surface area contributed by atoms with Gasteiger partial charge in [0.25, 0.3) is 0 Å². The van der Waals surface area contributed by atoms with E-state index in [9.17, 15) is 15.3 Å². The molecular formula is C15H14O3. The molecular weight excluding hydrogens is 228 g/mol. The van der Waals surface area contributed by atoms with Crippen molar-refractivity contribution in [1.82, 2.24) is 0 Å². The third-order valence-corrected chi connectivity index (χ3v) is 2.60. The fraction of sp³-hybridized carbons (Fsp3) is 0.0667. The van der Waals surface area contributed by atoms with Crippen LogP contribution in [0.25, 0.3) is 6.08 Å². The van der Waals surface area contributed by atoms with Crippen LogP contribution in [0.3, 0.4) is 0 Å². The number of phenols is 2. The molecule has 92 valence electrons. The van der Waals surface area contributed by atoms with Gasteiger partial charge < -0.3 is 15.3 Å². The van der Waals surface area contributed by atoms with Crippen LogP contribution < -0.4 is 0 Å². The first-order valence-electron chi connectivity index (χ1n) is 5.60. The summed E-state index contributed by atoms with van der Waals surface area (Å²) < 4.78 is 0. The van der Waals surface area contributed by atoms with Crippen LogP contribution in [0.15, 0.2) is 54.6 Å². The molecule has 0 amide bonds. The Morgan fingerprint density at radius 3 is 2.39 bits per heavy atom. The van der Waals surface area contributed by atoms with Gasteiger partial charge >= 0.3 is 0 Å². The van der Waals surface area contributed by atoms with Gasteiger partial charge in [0.1, 0.15) is 17.6 Å². The van der Waals surface area contributed by atoms with Crippen LogP contribution in [0.1, 0.15) is 17.2 Å². The van der Waals surface area contributed by atoms with Gasteiger partial charge in [0.15, 0.2) is 0 Å².